The quantitative estimate of drug-likeness (QED) is 0.314. The van der Waals surface area contributed by atoms with Crippen molar-refractivity contribution in [3.8, 4) is 5.75 Å². The van der Waals surface area contributed by atoms with E-state index in [4.69, 9.17) is 9.47 Å². The van der Waals surface area contributed by atoms with Gasteiger partial charge in [-0.3, -0.25) is 9.59 Å². The average Bonchev–Trinajstić information content (AvgIpc) is 3.46. The van der Waals surface area contributed by atoms with E-state index in [-0.39, 0.29) is 23.4 Å². The summed E-state index contributed by atoms with van der Waals surface area (Å²) in [6, 6.07) is 12.7. The van der Waals surface area contributed by atoms with Crippen molar-refractivity contribution >= 4 is 17.4 Å². The van der Waals surface area contributed by atoms with Crippen LogP contribution >= 0.6 is 0 Å². The van der Waals surface area contributed by atoms with Crippen LogP contribution in [0, 0.1) is 0 Å². The Morgan fingerprint density at radius 1 is 1.14 bits per heavy atom. The van der Waals surface area contributed by atoms with Crippen molar-refractivity contribution in [3.05, 3.63) is 70.3 Å². The maximum Gasteiger partial charge on any atom is 0.295 e. The normalized spacial score (nSPS) is 21.8. The highest BCUT2D eigenvalue weighted by Gasteiger charge is 2.47. The fraction of sp³-hybridized carbons (Fsp3) is 0.448. The van der Waals surface area contributed by atoms with Crippen molar-refractivity contribution in [1.82, 2.24) is 4.90 Å². The van der Waals surface area contributed by atoms with Crippen molar-refractivity contribution in [2.45, 2.75) is 65.0 Å². The maximum absolute atomic E-state index is 13.3. The molecule has 2 aromatic carbocycles. The molecule has 2 aliphatic heterocycles. The molecule has 0 radical (unpaired) electrons. The first-order valence-corrected chi connectivity index (χ1v) is 12.6. The van der Waals surface area contributed by atoms with Crippen molar-refractivity contribution in [2.24, 2.45) is 0 Å². The molecule has 0 spiro atoms. The van der Waals surface area contributed by atoms with E-state index in [1.54, 1.807) is 11.0 Å². The zero-order chi connectivity index (χ0) is 25.1. The first-order chi connectivity index (χ1) is 16.8. The fourth-order valence-electron chi connectivity index (χ4n) is 4.95. The molecule has 6 nitrogen and oxygen atoms in total. The minimum Gasteiger partial charge on any atom is -0.507 e. The molecule has 2 unspecified atom stereocenters. The molecule has 2 fully saturated rings. The highest BCUT2D eigenvalue weighted by Crippen LogP contribution is 2.41. The van der Waals surface area contributed by atoms with Gasteiger partial charge in [0.25, 0.3) is 11.7 Å². The van der Waals surface area contributed by atoms with E-state index in [1.165, 1.54) is 0 Å². The third-order valence-corrected chi connectivity index (χ3v) is 6.87. The lowest BCUT2D eigenvalue weighted by Crippen LogP contribution is -2.36. The van der Waals surface area contributed by atoms with Crippen molar-refractivity contribution in [2.75, 3.05) is 19.8 Å². The molecule has 2 aromatic rings. The number of aryl methyl sites for hydroxylation is 1. The summed E-state index contributed by atoms with van der Waals surface area (Å²) in [7, 11) is 0. The number of amides is 1. The summed E-state index contributed by atoms with van der Waals surface area (Å²) in [5, 5.41) is 11.5. The second-order valence-corrected chi connectivity index (χ2v) is 9.52. The van der Waals surface area contributed by atoms with Crippen LogP contribution in [-0.2, 0) is 20.7 Å². The molecule has 2 aliphatic rings. The highest BCUT2D eigenvalue weighted by molar-refractivity contribution is 6.46. The van der Waals surface area contributed by atoms with Crippen LogP contribution in [-0.4, -0.2) is 47.6 Å². The van der Waals surface area contributed by atoms with Crippen LogP contribution in [0.1, 0.15) is 74.8 Å². The number of aliphatic hydroxyl groups excluding tert-OH is 1. The molecule has 1 N–H and O–H groups in total. The second kappa shape index (κ2) is 10.6. The number of carbonyl (C=O) groups excluding carboxylic acids is 2. The summed E-state index contributed by atoms with van der Waals surface area (Å²) in [6.45, 7) is 9.63. The number of hydrogen-bond donors (Lipinski definition) is 1. The first-order valence-electron chi connectivity index (χ1n) is 12.6. The van der Waals surface area contributed by atoms with Gasteiger partial charge in [0.1, 0.15) is 11.5 Å². The van der Waals surface area contributed by atoms with Gasteiger partial charge in [-0.2, -0.15) is 0 Å². The summed E-state index contributed by atoms with van der Waals surface area (Å²) < 4.78 is 11.5. The number of ketones is 1. The minimum absolute atomic E-state index is 0.108. The lowest BCUT2D eigenvalue weighted by Gasteiger charge is -2.27. The Hall–Kier alpha value is -3.12. The molecular formula is C29H35NO5. The number of nitrogens with zero attached hydrogens (tertiary/aromatic N) is 1. The Morgan fingerprint density at radius 2 is 1.89 bits per heavy atom. The molecule has 0 bridgehead atoms. The van der Waals surface area contributed by atoms with Crippen molar-refractivity contribution in [3.63, 3.8) is 0 Å². The summed E-state index contributed by atoms with van der Waals surface area (Å²) in [4.78, 5) is 28.1. The van der Waals surface area contributed by atoms with E-state index in [0.717, 1.165) is 41.7 Å². The van der Waals surface area contributed by atoms with Gasteiger partial charge in [0.15, 0.2) is 0 Å². The van der Waals surface area contributed by atoms with E-state index in [1.807, 2.05) is 43.3 Å². The summed E-state index contributed by atoms with van der Waals surface area (Å²) in [5.41, 5.74) is 3.53. The van der Waals surface area contributed by atoms with Gasteiger partial charge in [0.05, 0.1) is 24.3 Å². The predicted molar refractivity (Wildman–Crippen MR) is 136 cm³/mol. The minimum atomic E-state index is -0.667. The molecule has 2 atom stereocenters. The molecule has 0 saturated carbocycles. The van der Waals surface area contributed by atoms with Gasteiger partial charge in [-0.1, -0.05) is 45.0 Å². The largest absolute Gasteiger partial charge is 0.507 e. The van der Waals surface area contributed by atoms with Crippen LogP contribution in [0.3, 0.4) is 0 Å². The number of carbonyl (C=O) groups is 2. The van der Waals surface area contributed by atoms with Gasteiger partial charge in [0, 0.05) is 18.7 Å². The Balaban J connectivity index is 1.82. The Morgan fingerprint density at radius 3 is 2.49 bits per heavy atom. The average molecular weight is 478 g/mol. The zero-order valence-corrected chi connectivity index (χ0v) is 21.0. The van der Waals surface area contributed by atoms with Crippen molar-refractivity contribution in [1.29, 1.82) is 0 Å². The molecule has 0 aliphatic carbocycles. The van der Waals surface area contributed by atoms with Crippen molar-refractivity contribution < 1.29 is 24.2 Å². The van der Waals surface area contributed by atoms with E-state index in [2.05, 4.69) is 20.8 Å². The van der Waals surface area contributed by atoms with E-state index < -0.39 is 17.7 Å². The molecule has 0 aromatic heterocycles. The van der Waals surface area contributed by atoms with Crippen LogP contribution < -0.4 is 4.74 Å². The van der Waals surface area contributed by atoms with Gasteiger partial charge < -0.3 is 19.5 Å². The number of aliphatic hydroxyl groups is 1. The van der Waals surface area contributed by atoms with Crippen LogP contribution in [0.4, 0.5) is 0 Å². The molecule has 2 heterocycles. The molecule has 4 rings (SSSR count). The van der Waals surface area contributed by atoms with Crippen LogP contribution in [0.15, 0.2) is 48.0 Å². The first kappa shape index (κ1) is 25.0. The third kappa shape index (κ3) is 4.98. The van der Waals surface area contributed by atoms with Crippen LogP contribution in [0.25, 0.3) is 5.76 Å². The van der Waals surface area contributed by atoms with E-state index >= 15 is 0 Å². The van der Waals surface area contributed by atoms with E-state index in [9.17, 15) is 14.7 Å². The number of benzene rings is 2. The lowest BCUT2D eigenvalue weighted by atomic mass is 9.92. The number of likely N-dealkylation sites (tertiary alicyclic amines) is 1. The Kier molecular flexibility index (Phi) is 7.60. The summed E-state index contributed by atoms with van der Waals surface area (Å²) in [5.74, 6) is -0.507. The molecule has 35 heavy (non-hydrogen) atoms. The molecule has 6 heteroatoms. The highest BCUT2D eigenvalue weighted by atomic mass is 16.5. The molecule has 1 amide bonds. The number of rotatable bonds is 8. The third-order valence-electron chi connectivity index (χ3n) is 6.87. The van der Waals surface area contributed by atoms with Gasteiger partial charge in [-0.05, 0) is 67.0 Å². The fourth-order valence-corrected chi connectivity index (χ4v) is 4.95. The Bertz CT molecular complexity index is 1110. The number of hydrogen-bond acceptors (Lipinski definition) is 5. The monoisotopic (exact) mass is 477 g/mol. The number of ether oxygens (including phenoxy) is 2. The van der Waals surface area contributed by atoms with Gasteiger partial charge in [0.2, 0.25) is 0 Å². The van der Waals surface area contributed by atoms with E-state index in [0.29, 0.717) is 25.3 Å². The summed E-state index contributed by atoms with van der Waals surface area (Å²) in [6.07, 6.45) is 2.57. The van der Waals surface area contributed by atoms with Gasteiger partial charge in [-0.15, -0.1) is 0 Å². The Labute approximate surface area is 207 Å². The molecular weight excluding hydrogens is 442 g/mol. The topological polar surface area (TPSA) is 76.1 Å². The smallest absolute Gasteiger partial charge is 0.295 e. The van der Waals surface area contributed by atoms with Gasteiger partial charge in [-0.25, -0.2) is 0 Å². The standard InChI is InChI=1S/C29H35NO5/c1-5-19-9-11-20(12-10-19)26-25(28(32)29(33)30(26)17-22-8-7-15-35-22)27(31)21-13-14-24(34-6-2)23(16-21)18(3)4/h9-14,16,18,22,26,31H,5-8,15,17H2,1-4H3/b27-25-. The second-order valence-electron chi connectivity index (χ2n) is 9.52. The zero-order valence-electron chi connectivity index (χ0n) is 21.0. The summed E-state index contributed by atoms with van der Waals surface area (Å²) >= 11 is 0. The molecule has 186 valence electrons. The predicted octanol–water partition coefficient (Wildman–Crippen LogP) is 5.37. The maximum atomic E-state index is 13.3. The SMILES string of the molecule is CCOc1ccc(/C(O)=C2/C(=O)C(=O)N(CC3CCCO3)C2c2ccc(CC)cc2)cc1C(C)C. The molecule has 2 saturated heterocycles. The lowest BCUT2D eigenvalue weighted by molar-refractivity contribution is -0.140. The van der Waals surface area contributed by atoms with Gasteiger partial charge >= 0.3 is 0 Å². The van der Waals surface area contributed by atoms with Crippen LogP contribution in [0.2, 0.25) is 0 Å². The number of Topliss-reactive ketones (excluding diaryl/α,β-unsaturated/α-hetero) is 1. The van der Waals surface area contributed by atoms with Crippen LogP contribution in [0.5, 0.6) is 5.75 Å².